The number of esters is 1. The summed E-state index contributed by atoms with van der Waals surface area (Å²) >= 11 is 0. The van der Waals surface area contributed by atoms with E-state index < -0.39 is 11.9 Å². The van der Waals surface area contributed by atoms with Gasteiger partial charge in [0.25, 0.3) is 0 Å². The predicted octanol–water partition coefficient (Wildman–Crippen LogP) is 4.38. The van der Waals surface area contributed by atoms with E-state index in [4.69, 9.17) is 4.74 Å². The van der Waals surface area contributed by atoms with E-state index >= 15 is 0 Å². The van der Waals surface area contributed by atoms with Gasteiger partial charge in [0.1, 0.15) is 5.92 Å². The van der Waals surface area contributed by atoms with Crippen molar-refractivity contribution in [3.63, 3.8) is 0 Å². The molecule has 0 fully saturated rings. The van der Waals surface area contributed by atoms with Gasteiger partial charge in [0, 0.05) is 25.7 Å². The second-order valence-corrected chi connectivity index (χ2v) is 7.47. The Labute approximate surface area is 166 Å². The lowest BCUT2D eigenvalue weighted by Crippen LogP contribution is -2.34. The lowest BCUT2D eigenvalue weighted by atomic mass is 9.73. The summed E-state index contributed by atoms with van der Waals surface area (Å²) in [6.45, 7) is 4.06. The maximum Gasteiger partial charge on any atom is 0.317 e. The van der Waals surface area contributed by atoms with Gasteiger partial charge in [-0.15, -0.1) is 0 Å². The summed E-state index contributed by atoms with van der Waals surface area (Å²) in [6, 6.07) is 16.2. The first-order valence-corrected chi connectivity index (χ1v) is 9.66. The van der Waals surface area contributed by atoms with E-state index in [1.54, 1.807) is 13.0 Å². The molecule has 0 N–H and O–H groups in total. The normalized spacial score (nSPS) is 19.1. The molecule has 4 heteroatoms. The molecule has 0 radical (unpaired) electrons. The van der Waals surface area contributed by atoms with Crippen molar-refractivity contribution in [2.75, 3.05) is 25.6 Å². The molecule has 0 spiro atoms. The van der Waals surface area contributed by atoms with E-state index in [2.05, 4.69) is 6.07 Å². The minimum atomic E-state index is -0.788. The van der Waals surface area contributed by atoms with Crippen LogP contribution in [-0.2, 0) is 14.3 Å². The molecular formula is C24H27NO3. The molecule has 2 aromatic carbocycles. The number of ketones is 1. The second-order valence-electron chi connectivity index (χ2n) is 7.47. The number of carbonyl (C=O) groups excluding carboxylic acids is 2. The zero-order valence-electron chi connectivity index (χ0n) is 16.9. The average molecular weight is 377 g/mol. The number of hydrogen-bond donors (Lipinski definition) is 0. The zero-order valence-corrected chi connectivity index (χ0v) is 16.9. The van der Waals surface area contributed by atoms with Crippen molar-refractivity contribution in [2.24, 2.45) is 5.92 Å². The van der Waals surface area contributed by atoms with Gasteiger partial charge < -0.3 is 9.64 Å². The van der Waals surface area contributed by atoms with Crippen LogP contribution in [-0.4, -0.2) is 32.5 Å². The van der Waals surface area contributed by atoms with Crippen LogP contribution in [0.15, 0.2) is 54.6 Å². The van der Waals surface area contributed by atoms with Crippen LogP contribution in [0.5, 0.6) is 0 Å². The number of aryl methyl sites for hydroxylation is 1. The van der Waals surface area contributed by atoms with Gasteiger partial charge in [0.15, 0.2) is 5.78 Å². The lowest BCUT2D eigenvalue weighted by molar-refractivity contribution is -0.151. The largest absolute Gasteiger partial charge is 0.465 e. The van der Waals surface area contributed by atoms with Crippen LogP contribution in [0.1, 0.15) is 36.0 Å². The van der Waals surface area contributed by atoms with E-state index in [0.717, 1.165) is 28.0 Å². The van der Waals surface area contributed by atoms with E-state index in [1.807, 2.05) is 68.4 Å². The molecule has 2 aromatic rings. The molecule has 0 unspecified atom stereocenters. The van der Waals surface area contributed by atoms with Crippen molar-refractivity contribution >= 4 is 23.0 Å². The highest BCUT2D eigenvalue weighted by molar-refractivity contribution is 6.10. The Bertz CT molecular complexity index is 896. The topological polar surface area (TPSA) is 46.6 Å². The highest BCUT2D eigenvalue weighted by atomic mass is 16.5. The molecule has 0 amide bonds. The van der Waals surface area contributed by atoms with Crippen LogP contribution in [0, 0.1) is 12.8 Å². The number of rotatable bonds is 5. The first-order chi connectivity index (χ1) is 13.4. The van der Waals surface area contributed by atoms with Gasteiger partial charge in [-0.3, -0.25) is 9.59 Å². The first-order valence-electron chi connectivity index (χ1n) is 9.66. The maximum atomic E-state index is 13.0. The van der Waals surface area contributed by atoms with Crippen molar-refractivity contribution in [1.29, 1.82) is 0 Å². The molecule has 0 aliphatic heterocycles. The van der Waals surface area contributed by atoms with E-state index in [0.29, 0.717) is 6.42 Å². The van der Waals surface area contributed by atoms with Crippen LogP contribution in [0.2, 0.25) is 0 Å². The number of nitrogens with zero attached hydrogens (tertiary/aromatic N) is 1. The standard InChI is InChI=1S/C24H27NO3/c1-5-28-24(27)23-21(17-11-9-16(2)10-12-17)14-19(15-22(23)26)18-7-6-8-20(13-18)25(3)4/h6-13,15,21,23H,5,14H2,1-4H3/t21-,23+/m0/s1. The summed E-state index contributed by atoms with van der Waals surface area (Å²) in [5, 5.41) is 0. The zero-order chi connectivity index (χ0) is 20.3. The van der Waals surface area contributed by atoms with Crippen molar-refractivity contribution in [3.8, 4) is 0 Å². The van der Waals surface area contributed by atoms with Gasteiger partial charge in [-0.2, -0.15) is 0 Å². The summed E-state index contributed by atoms with van der Waals surface area (Å²) < 4.78 is 5.22. The lowest BCUT2D eigenvalue weighted by Gasteiger charge is -2.30. The Kier molecular flexibility index (Phi) is 5.98. The average Bonchev–Trinajstić information content (AvgIpc) is 2.68. The highest BCUT2D eigenvalue weighted by Crippen LogP contribution is 2.40. The number of benzene rings is 2. The van der Waals surface area contributed by atoms with Gasteiger partial charge >= 0.3 is 5.97 Å². The molecule has 0 saturated heterocycles. The molecule has 1 aliphatic carbocycles. The first kappa shape index (κ1) is 19.9. The summed E-state index contributed by atoms with van der Waals surface area (Å²) in [4.78, 5) is 27.6. The Balaban J connectivity index is 2.02. The third-order valence-corrected chi connectivity index (χ3v) is 5.24. The third kappa shape index (κ3) is 4.16. The van der Waals surface area contributed by atoms with Gasteiger partial charge in [0.2, 0.25) is 0 Å². The van der Waals surface area contributed by atoms with E-state index in [9.17, 15) is 9.59 Å². The number of carbonyl (C=O) groups is 2. The highest BCUT2D eigenvalue weighted by Gasteiger charge is 2.39. The van der Waals surface area contributed by atoms with Gasteiger partial charge in [0.05, 0.1) is 6.61 Å². The van der Waals surface area contributed by atoms with Crippen molar-refractivity contribution in [3.05, 3.63) is 71.3 Å². The summed E-state index contributed by atoms with van der Waals surface area (Å²) in [5.74, 6) is -1.63. The Hall–Kier alpha value is -2.88. The molecule has 1 aliphatic rings. The monoisotopic (exact) mass is 377 g/mol. The fourth-order valence-electron chi connectivity index (χ4n) is 3.69. The fourth-order valence-corrected chi connectivity index (χ4v) is 3.69. The quantitative estimate of drug-likeness (QED) is 0.573. The second kappa shape index (κ2) is 8.42. The molecule has 146 valence electrons. The van der Waals surface area contributed by atoms with Crippen LogP contribution < -0.4 is 4.90 Å². The third-order valence-electron chi connectivity index (χ3n) is 5.24. The van der Waals surface area contributed by atoms with E-state index in [-0.39, 0.29) is 18.3 Å². The van der Waals surface area contributed by atoms with Gasteiger partial charge in [-0.1, -0.05) is 42.0 Å². The molecule has 0 saturated carbocycles. The molecule has 2 atom stereocenters. The van der Waals surface area contributed by atoms with Crippen LogP contribution in [0.3, 0.4) is 0 Å². The molecule has 4 nitrogen and oxygen atoms in total. The molecule has 0 bridgehead atoms. The molecule has 0 aromatic heterocycles. The minimum Gasteiger partial charge on any atom is -0.465 e. The summed E-state index contributed by atoms with van der Waals surface area (Å²) in [6.07, 6.45) is 2.25. The number of hydrogen-bond acceptors (Lipinski definition) is 4. The molecular weight excluding hydrogens is 350 g/mol. The number of anilines is 1. The van der Waals surface area contributed by atoms with Crippen molar-refractivity contribution in [2.45, 2.75) is 26.2 Å². The molecule has 28 heavy (non-hydrogen) atoms. The maximum absolute atomic E-state index is 13.0. The summed E-state index contributed by atoms with van der Waals surface area (Å²) in [5.41, 5.74) is 5.18. The Morgan fingerprint density at radius 2 is 1.86 bits per heavy atom. The number of ether oxygens (including phenoxy) is 1. The smallest absolute Gasteiger partial charge is 0.317 e. The fraction of sp³-hybridized carbons (Fsp3) is 0.333. The SMILES string of the molecule is CCOC(=O)[C@H]1C(=O)C=C(c2cccc(N(C)C)c2)C[C@H]1c1ccc(C)cc1. The Morgan fingerprint density at radius 1 is 1.14 bits per heavy atom. The molecule has 3 rings (SSSR count). The minimum absolute atomic E-state index is 0.180. The Morgan fingerprint density at radius 3 is 2.50 bits per heavy atom. The van der Waals surface area contributed by atoms with Gasteiger partial charge in [-0.05, 0) is 55.2 Å². The number of allylic oxidation sites excluding steroid dienone is 2. The van der Waals surface area contributed by atoms with Gasteiger partial charge in [-0.25, -0.2) is 0 Å². The predicted molar refractivity (Wildman–Crippen MR) is 112 cm³/mol. The van der Waals surface area contributed by atoms with E-state index in [1.165, 1.54) is 0 Å². The van der Waals surface area contributed by atoms with Crippen LogP contribution >= 0.6 is 0 Å². The van der Waals surface area contributed by atoms with Crippen molar-refractivity contribution in [1.82, 2.24) is 0 Å². The van der Waals surface area contributed by atoms with Crippen molar-refractivity contribution < 1.29 is 14.3 Å². The molecule has 0 heterocycles. The van der Waals surface area contributed by atoms with Crippen LogP contribution in [0.4, 0.5) is 5.69 Å². The summed E-state index contributed by atoms with van der Waals surface area (Å²) in [7, 11) is 3.98. The van der Waals surface area contributed by atoms with Crippen LogP contribution in [0.25, 0.3) is 5.57 Å².